The third-order valence-corrected chi connectivity index (χ3v) is 4.17. The Labute approximate surface area is 152 Å². The molecule has 24 heavy (non-hydrogen) atoms. The second-order valence-corrected chi connectivity index (χ2v) is 6.56. The SMILES string of the molecule is CCCC(N)C(=O)N1CCC(C(=O)NCCCOC(C)C)CC1.Cl. The van der Waals surface area contributed by atoms with Crippen molar-refractivity contribution in [2.24, 2.45) is 11.7 Å². The number of nitrogens with one attached hydrogen (secondary N) is 1. The fourth-order valence-corrected chi connectivity index (χ4v) is 2.78. The van der Waals surface area contributed by atoms with Crippen LogP contribution >= 0.6 is 12.4 Å². The predicted molar refractivity (Wildman–Crippen MR) is 98.2 cm³/mol. The van der Waals surface area contributed by atoms with Gasteiger partial charge >= 0.3 is 0 Å². The maximum absolute atomic E-state index is 12.1. The third-order valence-electron chi connectivity index (χ3n) is 4.17. The fourth-order valence-electron chi connectivity index (χ4n) is 2.78. The van der Waals surface area contributed by atoms with Gasteiger partial charge in [-0.1, -0.05) is 13.3 Å². The van der Waals surface area contributed by atoms with E-state index >= 15 is 0 Å². The summed E-state index contributed by atoms with van der Waals surface area (Å²) in [5, 5.41) is 2.97. The maximum Gasteiger partial charge on any atom is 0.239 e. The van der Waals surface area contributed by atoms with E-state index < -0.39 is 6.04 Å². The minimum Gasteiger partial charge on any atom is -0.379 e. The van der Waals surface area contributed by atoms with Gasteiger partial charge in [-0.2, -0.15) is 0 Å². The lowest BCUT2D eigenvalue weighted by molar-refractivity contribution is -0.136. The monoisotopic (exact) mass is 363 g/mol. The largest absolute Gasteiger partial charge is 0.379 e. The summed E-state index contributed by atoms with van der Waals surface area (Å²) in [7, 11) is 0. The number of amides is 2. The van der Waals surface area contributed by atoms with Gasteiger partial charge in [0.25, 0.3) is 0 Å². The number of rotatable bonds is 9. The molecule has 7 heteroatoms. The zero-order chi connectivity index (χ0) is 17.2. The highest BCUT2D eigenvalue weighted by Gasteiger charge is 2.28. The molecule has 2 amide bonds. The van der Waals surface area contributed by atoms with Crippen molar-refractivity contribution in [2.75, 3.05) is 26.2 Å². The molecule has 0 aromatic carbocycles. The van der Waals surface area contributed by atoms with Gasteiger partial charge in [0.05, 0.1) is 12.1 Å². The van der Waals surface area contributed by atoms with Crippen LogP contribution in [-0.4, -0.2) is 55.1 Å². The van der Waals surface area contributed by atoms with Crippen molar-refractivity contribution in [3.63, 3.8) is 0 Å². The summed E-state index contributed by atoms with van der Waals surface area (Å²) >= 11 is 0. The Balaban J connectivity index is 0.00000529. The van der Waals surface area contributed by atoms with Gasteiger partial charge in [-0.25, -0.2) is 0 Å². The number of nitrogens with zero attached hydrogens (tertiary/aromatic N) is 1. The Morgan fingerprint density at radius 3 is 2.46 bits per heavy atom. The summed E-state index contributed by atoms with van der Waals surface area (Å²) in [6.45, 7) is 8.60. The molecule has 1 aliphatic heterocycles. The van der Waals surface area contributed by atoms with Crippen LogP contribution in [0.3, 0.4) is 0 Å². The topological polar surface area (TPSA) is 84.7 Å². The van der Waals surface area contributed by atoms with Crippen LogP contribution in [-0.2, 0) is 14.3 Å². The van der Waals surface area contributed by atoms with Gasteiger partial charge in [-0.05, 0) is 39.5 Å². The van der Waals surface area contributed by atoms with E-state index in [-0.39, 0.29) is 36.2 Å². The number of ether oxygens (including phenoxy) is 1. The number of halogens is 1. The molecule has 0 saturated carbocycles. The van der Waals surface area contributed by atoms with Crippen LogP contribution in [0.2, 0.25) is 0 Å². The van der Waals surface area contributed by atoms with E-state index in [1.54, 1.807) is 4.90 Å². The Bertz CT molecular complexity index is 372. The first-order chi connectivity index (χ1) is 11.0. The van der Waals surface area contributed by atoms with Crippen LogP contribution in [0.1, 0.15) is 52.9 Å². The van der Waals surface area contributed by atoms with E-state index in [4.69, 9.17) is 10.5 Å². The van der Waals surface area contributed by atoms with Gasteiger partial charge < -0.3 is 20.7 Å². The molecule has 1 unspecified atom stereocenters. The van der Waals surface area contributed by atoms with Gasteiger partial charge in [0.1, 0.15) is 0 Å². The molecule has 0 aromatic heterocycles. The number of piperidine rings is 1. The number of hydrogen-bond acceptors (Lipinski definition) is 4. The number of carbonyl (C=O) groups is 2. The molecule has 1 saturated heterocycles. The second-order valence-electron chi connectivity index (χ2n) is 6.56. The number of hydrogen-bond donors (Lipinski definition) is 2. The van der Waals surface area contributed by atoms with Gasteiger partial charge in [0.2, 0.25) is 11.8 Å². The van der Waals surface area contributed by atoms with E-state index in [2.05, 4.69) is 5.32 Å². The van der Waals surface area contributed by atoms with Crippen LogP contribution in [0.4, 0.5) is 0 Å². The predicted octanol–water partition coefficient (Wildman–Crippen LogP) is 1.71. The van der Waals surface area contributed by atoms with Crippen molar-refractivity contribution in [1.82, 2.24) is 10.2 Å². The van der Waals surface area contributed by atoms with E-state index in [1.807, 2.05) is 20.8 Å². The van der Waals surface area contributed by atoms with E-state index in [0.717, 1.165) is 32.1 Å². The summed E-state index contributed by atoms with van der Waals surface area (Å²) < 4.78 is 5.44. The molecule has 1 aliphatic rings. The molecule has 0 aliphatic carbocycles. The third kappa shape index (κ3) is 8.31. The van der Waals surface area contributed by atoms with Crippen molar-refractivity contribution in [2.45, 2.75) is 65.0 Å². The average Bonchev–Trinajstić information content (AvgIpc) is 2.53. The Kier molecular flexibility index (Phi) is 12.1. The molecule has 0 radical (unpaired) electrons. The number of nitrogens with two attached hydrogens (primary N) is 1. The fraction of sp³-hybridized carbons (Fsp3) is 0.882. The summed E-state index contributed by atoms with van der Waals surface area (Å²) in [6.07, 6.45) is 4.13. The van der Waals surface area contributed by atoms with Crippen LogP contribution < -0.4 is 11.1 Å². The molecule has 1 rings (SSSR count). The molecular formula is C17H34ClN3O3. The minimum absolute atomic E-state index is 0. The minimum atomic E-state index is -0.397. The van der Waals surface area contributed by atoms with Crippen molar-refractivity contribution in [1.29, 1.82) is 0 Å². The van der Waals surface area contributed by atoms with Crippen LogP contribution in [0.15, 0.2) is 0 Å². The quantitative estimate of drug-likeness (QED) is 0.611. The van der Waals surface area contributed by atoms with Crippen LogP contribution in [0, 0.1) is 5.92 Å². The molecule has 1 atom stereocenters. The maximum atomic E-state index is 12.1. The summed E-state index contributed by atoms with van der Waals surface area (Å²) in [4.78, 5) is 26.1. The summed E-state index contributed by atoms with van der Waals surface area (Å²) in [5.74, 6) is 0.128. The van der Waals surface area contributed by atoms with Crippen molar-refractivity contribution in [3.8, 4) is 0 Å². The Morgan fingerprint density at radius 1 is 1.29 bits per heavy atom. The molecule has 6 nitrogen and oxygen atoms in total. The molecule has 0 aromatic rings. The first-order valence-corrected chi connectivity index (χ1v) is 8.89. The Morgan fingerprint density at radius 2 is 1.92 bits per heavy atom. The lowest BCUT2D eigenvalue weighted by Crippen LogP contribution is -2.48. The average molecular weight is 364 g/mol. The normalized spacial score (nSPS) is 16.6. The molecule has 0 bridgehead atoms. The highest BCUT2D eigenvalue weighted by Crippen LogP contribution is 2.18. The zero-order valence-electron chi connectivity index (χ0n) is 15.3. The van der Waals surface area contributed by atoms with Gasteiger partial charge in [0, 0.05) is 32.2 Å². The van der Waals surface area contributed by atoms with Crippen LogP contribution in [0.5, 0.6) is 0 Å². The smallest absolute Gasteiger partial charge is 0.239 e. The van der Waals surface area contributed by atoms with Gasteiger partial charge in [-0.15, -0.1) is 12.4 Å². The standard InChI is InChI=1S/C17H33N3O3.ClH/c1-4-6-15(18)17(22)20-10-7-14(8-11-20)16(21)19-9-5-12-23-13(2)3;/h13-15H,4-12,18H2,1-3H3,(H,19,21);1H. The number of likely N-dealkylation sites (tertiary alicyclic amines) is 1. The molecular weight excluding hydrogens is 330 g/mol. The molecule has 0 spiro atoms. The molecule has 1 heterocycles. The van der Waals surface area contributed by atoms with Crippen molar-refractivity contribution < 1.29 is 14.3 Å². The van der Waals surface area contributed by atoms with E-state index in [1.165, 1.54) is 0 Å². The summed E-state index contributed by atoms with van der Waals surface area (Å²) in [5.41, 5.74) is 5.89. The summed E-state index contributed by atoms with van der Waals surface area (Å²) in [6, 6.07) is -0.397. The molecule has 3 N–H and O–H groups in total. The highest BCUT2D eigenvalue weighted by molar-refractivity contribution is 5.85. The van der Waals surface area contributed by atoms with Crippen LogP contribution in [0.25, 0.3) is 0 Å². The first-order valence-electron chi connectivity index (χ1n) is 8.89. The highest BCUT2D eigenvalue weighted by atomic mass is 35.5. The second kappa shape index (κ2) is 12.5. The van der Waals surface area contributed by atoms with E-state index in [0.29, 0.717) is 26.2 Å². The molecule has 142 valence electrons. The van der Waals surface area contributed by atoms with Crippen molar-refractivity contribution >= 4 is 24.2 Å². The Hall–Kier alpha value is -0.850. The lowest BCUT2D eigenvalue weighted by Gasteiger charge is -2.33. The van der Waals surface area contributed by atoms with Gasteiger partial charge in [0.15, 0.2) is 0 Å². The molecule has 1 fully saturated rings. The van der Waals surface area contributed by atoms with Gasteiger partial charge in [-0.3, -0.25) is 9.59 Å². The first kappa shape index (κ1) is 23.1. The zero-order valence-corrected chi connectivity index (χ0v) is 16.1. The van der Waals surface area contributed by atoms with E-state index in [9.17, 15) is 9.59 Å². The lowest BCUT2D eigenvalue weighted by atomic mass is 9.95. The van der Waals surface area contributed by atoms with Crippen molar-refractivity contribution in [3.05, 3.63) is 0 Å². The number of carbonyl (C=O) groups excluding carboxylic acids is 2.